The zero-order valence-corrected chi connectivity index (χ0v) is 8.35. The van der Waals surface area contributed by atoms with Gasteiger partial charge in [-0.2, -0.15) is 0 Å². The SMILES string of the molecule is COCCCC1CCCCCC1. The van der Waals surface area contributed by atoms with Gasteiger partial charge >= 0.3 is 0 Å². The van der Waals surface area contributed by atoms with Crippen molar-refractivity contribution in [3.05, 3.63) is 0 Å². The molecule has 0 aliphatic heterocycles. The Balaban J connectivity index is 2.04. The minimum Gasteiger partial charge on any atom is -0.385 e. The van der Waals surface area contributed by atoms with Gasteiger partial charge in [-0.25, -0.2) is 0 Å². The van der Waals surface area contributed by atoms with E-state index in [0.29, 0.717) is 0 Å². The fourth-order valence-electron chi connectivity index (χ4n) is 2.17. The van der Waals surface area contributed by atoms with Gasteiger partial charge in [-0.15, -0.1) is 0 Å². The van der Waals surface area contributed by atoms with Crippen LogP contribution in [0.2, 0.25) is 0 Å². The molecule has 1 nitrogen and oxygen atoms in total. The molecule has 1 heteroatoms. The van der Waals surface area contributed by atoms with Crippen molar-refractivity contribution in [2.75, 3.05) is 13.7 Å². The van der Waals surface area contributed by atoms with Crippen LogP contribution in [-0.2, 0) is 4.74 Å². The summed E-state index contributed by atoms with van der Waals surface area (Å²) in [5, 5.41) is 0. The van der Waals surface area contributed by atoms with E-state index in [-0.39, 0.29) is 0 Å². The highest BCUT2D eigenvalue weighted by molar-refractivity contribution is 4.64. The second-order valence-corrected chi connectivity index (χ2v) is 3.99. The average molecular weight is 170 g/mol. The van der Waals surface area contributed by atoms with Crippen molar-refractivity contribution in [3.8, 4) is 0 Å². The number of rotatable bonds is 4. The van der Waals surface area contributed by atoms with Crippen LogP contribution in [0.3, 0.4) is 0 Å². The van der Waals surface area contributed by atoms with Crippen LogP contribution >= 0.6 is 0 Å². The first-order chi connectivity index (χ1) is 5.93. The molecule has 0 radical (unpaired) electrons. The maximum Gasteiger partial charge on any atom is 0.0462 e. The van der Waals surface area contributed by atoms with Gasteiger partial charge in [0.05, 0.1) is 0 Å². The van der Waals surface area contributed by atoms with E-state index in [1.165, 1.54) is 51.4 Å². The lowest BCUT2D eigenvalue weighted by Gasteiger charge is -2.12. The van der Waals surface area contributed by atoms with Gasteiger partial charge in [-0.05, 0) is 18.8 Å². The third-order valence-corrected chi connectivity index (χ3v) is 2.94. The van der Waals surface area contributed by atoms with Gasteiger partial charge in [0, 0.05) is 13.7 Å². The quantitative estimate of drug-likeness (QED) is 0.464. The molecule has 1 aliphatic rings. The van der Waals surface area contributed by atoms with E-state index in [1.54, 1.807) is 7.11 Å². The third kappa shape index (κ3) is 4.10. The van der Waals surface area contributed by atoms with Crippen molar-refractivity contribution < 1.29 is 4.74 Å². The van der Waals surface area contributed by atoms with Crippen molar-refractivity contribution in [1.29, 1.82) is 0 Å². The van der Waals surface area contributed by atoms with Gasteiger partial charge in [-0.1, -0.05) is 38.5 Å². The number of ether oxygens (including phenoxy) is 1. The molecule has 0 atom stereocenters. The molecule has 1 rings (SSSR count). The number of methoxy groups -OCH3 is 1. The molecule has 0 aromatic heterocycles. The summed E-state index contributed by atoms with van der Waals surface area (Å²) in [5.74, 6) is 1.02. The lowest BCUT2D eigenvalue weighted by molar-refractivity contribution is 0.185. The predicted molar refractivity (Wildman–Crippen MR) is 52.3 cm³/mol. The molecule has 0 bridgehead atoms. The van der Waals surface area contributed by atoms with Crippen LogP contribution in [0.4, 0.5) is 0 Å². The summed E-state index contributed by atoms with van der Waals surface area (Å²) in [6.07, 6.45) is 11.5. The van der Waals surface area contributed by atoms with Crippen LogP contribution < -0.4 is 0 Å². The Morgan fingerprint density at radius 1 is 1.08 bits per heavy atom. The van der Waals surface area contributed by atoms with Crippen LogP contribution in [0.5, 0.6) is 0 Å². The standard InChI is InChI=1S/C11H22O/c1-12-10-6-9-11-7-4-2-3-5-8-11/h11H,2-10H2,1H3. The maximum absolute atomic E-state index is 5.06. The summed E-state index contributed by atoms with van der Waals surface area (Å²) < 4.78 is 5.06. The smallest absolute Gasteiger partial charge is 0.0462 e. The Morgan fingerprint density at radius 3 is 2.33 bits per heavy atom. The Hall–Kier alpha value is -0.0400. The van der Waals surface area contributed by atoms with Gasteiger partial charge in [0.2, 0.25) is 0 Å². The molecule has 0 saturated heterocycles. The van der Waals surface area contributed by atoms with Crippen molar-refractivity contribution >= 4 is 0 Å². The Bertz CT molecular complexity index is 93.2. The molecule has 0 unspecified atom stereocenters. The molecular weight excluding hydrogens is 148 g/mol. The Morgan fingerprint density at radius 2 is 1.75 bits per heavy atom. The van der Waals surface area contributed by atoms with E-state index in [0.717, 1.165) is 12.5 Å². The monoisotopic (exact) mass is 170 g/mol. The molecule has 0 N–H and O–H groups in total. The topological polar surface area (TPSA) is 9.23 Å². The Labute approximate surface area is 76.5 Å². The summed E-state index contributed by atoms with van der Waals surface area (Å²) in [7, 11) is 1.80. The molecule has 12 heavy (non-hydrogen) atoms. The first-order valence-corrected chi connectivity index (χ1v) is 5.42. The van der Waals surface area contributed by atoms with Crippen molar-refractivity contribution in [2.45, 2.75) is 51.4 Å². The van der Waals surface area contributed by atoms with Gasteiger partial charge in [0.1, 0.15) is 0 Å². The summed E-state index contributed by atoms with van der Waals surface area (Å²) >= 11 is 0. The van der Waals surface area contributed by atoms with Crippen molar-refractivity contribution in [1.82, 2.24) is 0 Å². The molecule has 0 aromatic rings. The summed E-state index contributed by atoms with van der Waals surface area (Å²) in [4.78, 5) is 0. The normalized spacial score (nSPS) is 20.8. The van der Waals surface area contributed by atoms with Crippen molar-refractivity contribution in [3.63, 3.8) is 0 Å². The molecule has 1 saturated carbocycles. The summed E-state index contributed by atoms with van der Waals surface area (Å²) in [6, 6.07) is 0. The largest absolute Gasteiger partial charge is 0.385 e. The maximum atomic E-state index is 5.06. The average Bonchev–Trinajstić information content (AvgIpc) is 2.33. The molecular formula is C11H22O. The first kappa shape index (κ1) is 10.0. The summed E-state index contributed by atoms with van der Waals surface area (Å²) in [6.45, 7) is 0.955. The first-order valence-electron chi connectivity index (χ1n) is 5.42. The van der Waals surface area contributed by atoms with E-state index < -0.39 is 0 Å². The highest BCUT2D eigenvalue weighted by Crippen LogP contribution is 2.26. The van der Waals surface area contributed by atoms with E-state index >= 15 is 0 Å². The fourth-order valence-corrected chi connectivity index (χ4v) is 2.17. The highest BCUT2D eigenvalue weighted by atomic mass is 16.5. The second kappa shape index (κ2) is 6.47. The van der Waals surface area contributed by atoms with Crippen LogP contribution in [0.15, 0.2) is 0 Å². The van der Waals surface area contributed by atoms with E-state index in [9.17, 15) is 0 Å². The molecule has 0 amide bonds. The molecule has 0 spiro atoms. The number of hydrogen-bond acceptors (Lipinski definition) is 1. The molecule has 72 valence electrons. The minimum atomic E-state index is 0.955. The second-order valence-electron chi connectivity index (χ2n) is 3.99. The molecule has 0 aromatic carbocycles. The minimum absolute atomic E-state index is 0.955. The van der Waals surface area contributed by atoms with Crippen LogP contribution in [0.25, 0.3) is 0 Å². The van der Waals surface area contributed by atoms with Gasteiger partial charge < -0.3 is 4.74 Å². The number of hydrogen-bond donors (Lipinski definition) is 0. The molecule has 1 fully saturated rings. The zero-order chi connectivity index (χ0) is 8.65. The summed E-state index contributed by atoms with van der Waals surface area (Å²) in [5.41, 5.74) is 0. The lowest BCUT2D eigenvalue weighted by atomic mass is 9.95. The Kier molecular flexibility index (Phi) is 5.42. The van der Waals surface area contributed by atoms with Gasteiger partial charge in [0.15, 0.2) is 0 Å². The molecule has 1 aliphatic carbocycles. The highest BCUT2D eigenvalue weighted by Gasteiger charge is 2.10. The zero-order valence-electron chi connectivity index (χ0n) is 8.35. The van der Waals surface area contributed by atoms with E-state index in [1.807, 2.05) is 0 Å². The molecule has 0 heterocycles. The lowest BCUT2D eigenvalue weighted by Crippen LogP contribution is -2.00. The fraction of sp³-hybridized carbons (Fsp3) is 1.00. The predicted octanol–water partition coefficient (Wildman–Crippen LogP) is 3.38. The van der Waals surface area contributed by atoms with E-state index in [2.05, 4.69) is 0 Å². The van der Waals surface area contributed by atoms with Gasteiger partial charge in [0.25, 0.3) is 0 Å². The van der Waals surface area contributed by atoms with Gasteiger partial charge in [-0.3, -0.25) is 0 Å². The van der Waals surface area contributed by atoms with Crippen molar-refractivity contribution in [2.24, 2.45) is 5.92 Å². The van der Waals surface area contributed by atoms with Crippen LogP contribution in [0, 0.1) is 5.92 Å². The van der Waals surface area contributed by atoms with E-state index in [4.69, 9.17) is 4.74 Å². The van der Waals surface area contributed by atoms with Crippen LogP contribution in [-0.4, -0.2) is 13.7 Å². The van der Waals surface area contributed by atoms with Crippen LogP contribution in [0.1, 0.15) is 51.4 Å². The third-order valence-electron chi connectivity index (χ3n) is 2.94.